The molecule has 138 valence electrons. The van der Waals surface area contributed by atoms with Crippen LogP contribution < -0.4 is 14.8 Å². The molecule has 0 aliphatic heterocycles. The number of benzene rings is 2. The van der Waals surface area contributed by atoms with Gasteiger partial charge in [-0.3, -0.25) is 4.79 Å². The molecule has 2 rings (SSSR count). The molecule has 0 fully saturated rings. The number of nitrogens with one attached hydrogen (secondary N) is 1. The predicted molar refractivity (Wildman–Crippen MR) is 106 cm³/mol. The van der Waals surface area contributed by atoms with Crippen molar-refractivity contribution in [1.82, 2.24) is 4.90 Å². The molecule has 0 spiro atoms. The monoisotopic (exact) mass is 354 g/mol. The van der Waals surface area contributed by atoms with E-state index in [1.54, 1.807) is 13.2 Å². The molecule has 0 unspecified atom stereocenters. The van der Waals surface area contributed by atoms with Crippen LogP contribution in [0.15, 0.2) is 54.6 Å². The number of carbonyl (C=O) groups excluding carboxylic acids is 1. The molecular weight excluding hydrogens is 328 g/mol. The molecule has 0 aliphatic rings. The minimum atomic E-state index is -0.181. The van der Waals surface area contributed by atoms with Gasteiger partial charge < -0.3 is 19.7 Å². The second-order valence-corrected chi connectivity index (χ2v) is 6.10. The van der Waals surface area contributed by atoms with Gasteiger partial charge in [0.1, 0.15) is 0 Å². The quantitative estimate of drug-likeness (QED) is 0.551. The van der Waals surface area contributed by atoms with Gasteiger partial charge in [-0.2, -0.15) is 0 Å². The van der Waals surface area contributed by atoms with Crippen molar-refractivity contribution in [3.8, 4) is 11.5 Å². The number of methoxy groups -OCH3 is 1. The molecule has 1 amide bonds. The molecule has 0 aliphatic carbocycles. The van der Waals surface area contributed by atoms with Crippen molar-refractivity contribution in [2.45, 2.75) is 6.42 Å². The third-order valence-electron chi connectivity index (χ3n) is 3.66. The summed E-state index contributed by atoms with van der Waals surface area (Å²) in [5.41, 5.74) is 1.63. The highest BCUT2D eigenvalue weighted by molar-refractivity contribution is 6.01. The lowest BCUT2D eigenvalue weighted by atomic mass is 10.2. The summed E-state index contributed by atoms with van der Waals surface area (Å²) in [4.78, 5) is 14.1. The molecule has 1 N–H and O–H groups in total. The highest BCUT2D eigenvalue weighted by Crippen LogP contribution is 2.28. The Bertz CT molecular complexity index is 727. The number of hydrogen-bond acceptors (Lipinski definition) is 4. The Kier molecular flexibility index (Phi) is 7.71. The molecule has 0 saturated carbocycles. The van der Waals surface area contributed by atoms with Crippen LogP contribution in [0.1, 0.15) is 12.0 Å². The van der Waals surface area contributed by atoms with Crippen LogP contribution in [0.25, 0.3) is 6.08 Å². The zero-order valence-corrected chi connectivity index (χ0v) is 15.6. The van der Waals surface area contributed by atoms with E-state index in [2.05, 4.69) is 10.2 Å². The highest BCUT2D eigenvalue weighted by atomic mass is 16.5. The number of nitrogens with zero attached hydrogens (tertiary/aromatic N) is 1. The van der Waals surface area contributed by atoms with Gasteiger partial charge in [0.25, 0.3) is 0 Å². The van der Waals surface area contributed by atoms with Crippen molar-refractivity contribution < 1.29 is 14.3 Å². The first-order valence-corrected chi connectivity index (χ1v) is 8.58. The minimum absolute atomic E-state index is 0.181. The standard InChI is InChI=1S/C21H26N2O3/c1-23(2)14-7-15-26-19-12-10-17(16-20(19)25-3)11-13-21(24)22-18-8-5-4-6-9-18/h4-6,8-13,16H,7,14-15H2,1-3H3,(H,22,24)/b13-11+. The number of para-hydroxylation sites is 1. The molecule has 0 saturated heterocycles. The Morgan fingerprint density at radius 1 is 1.12 bits per heavy atom. The second kappa shape index (κ2) is 10.3. The summed E-state index contributed by atoms with van der Waals surface area (Å²) in [6, 6.07) is 15.0. The maximum atomic E-state index is 12.0. The van der Waals surface area contributed by atoms with Crippen LogP contribution in [0.5, 0.6) is 11.5 Å². The first-order valence-electron chi connectivity index (χ1n) is 8.58. The maximum Gasteiger partial charge on any atom is 0.248 e. The number of carbonyl (C=O) groups is 1. The molecule has 0 heterocycles. The van der Waals surface area contributed by atoms with Crippen molar-refractivity contribution in [3.63, 3.8) is 0 Å². The summed E-state index contributed by atoms with van der Waals surface area (Å²) in [5, 5.41) is 2.81. The SMILES string of the molecule is COc1cc(/C=C/C(=O)Nc2ccccc2)ccc1OCCCN(C)C. The van der Waals surface area contributed by atoms with E-state index in [9.17, 15) is 4.79 Å². The van der Waals surface area contributed by atoms with Gasteiger partial charge in [0, 0.05) is 18.3 Å². The smallest absolute Gasteiger partial charge is 0.248 e. The fourth-order valence-electron chi connectivity index (χ4n) is 2.35. The van der Waals surface area contributed by atoms with E-state index in [1.807, 2.05) is 62.6 Å². The van der Waals surface area contributed by atoms with Crippen LogP contribution in [0.4, 0.5) is 5.69 Å². The Hall–Kier alpha value is -2.79. The molecular formula is C21H26N2O3. The summed E-state index contributed by atoms with van der Waals surface area (Å²) in [5.74, 6) is 1.18. The van der Waals surface area contributed by atoms with Crippen molar-refractivity contribution in [2.24, 2.45) is 0 Å². The van der Waals surface area contributed by atoms with Crippen LogP contribution in [0, 0.1) is 0 Å². The molecule has 5 nitrogen and oxygen atoms in total. The summed E-state index contributed by atoms with van der Waals surface area (Å²) in [6.07, 6.45) is 4.19. The van der Waals surface area contributed by atoms with Gasteiger partial charge in [-0.15, -0.1) is 0 Å². The van der Waals surface area contributed by atoms with E-state index in [0.29, 0.717) is 18.1 Å². The van der Waals surface area contributed by atoms with E-state index in [4.69, 9.17) is 9.47 Å². The van der Waals surface area contributed by atoms with Crippen LogP contribution in [0.2, 0.25) is 0 Å². The molecule has 0 atom stereocenters. The largest absolute Gasteiger partial charge is 0.493 e. The number of ether oxygens (including phenoxy) is 2. The Morgan fingerprint density at radius 2 is 1.88 bits per heavy atom. The summed E-state index contributed by atoms with van der Waals surface area (Å²) >= 11 is 0. The number of hydrogen-bond donors (Lipinski definition) is 1. The minimum Gasteiger partial charge on any atom is -0.493 e. The third kappa shape index (κ3) is 6.61. The van der Waals surface area contributed by atoms with Gasteiger partial charge in [-0.1, -0.05) is 24.3 Å². The van der Waals surface area contributed by atoms with Gasteiger partial charge >= 0.3 is 0 Å². The zero-order valence-electron chi connectivity index (χ0n) is 15.6. The predicted octanol–water partition coefficient (Wildman–Crippen LogP) is 3.68. The normalized spacial score (nSPS) is 10.9. The van der Waals surface area contributed by atoms with Gasteiger partial charge in [0.2, 0.25) is 5.91 Å². The van der Waals surface area contributed by atoms with Crippen molar-refractivity contribution in [1.29, 1.82) is 0 Å². The van der Waals surface area contributed by atoms with Crippen LogP contribution in [0.3, 0.4) is 0 Å². The molecule has 2 aromatic rings. The molecule has 26 heavy (non-hydrogen) atoms. The number of rotatable bonds is 9. The topological polar surface area (TPSA) is 50.8 Å². The van der Waals surface area contributed by atoms with Gasteiger partial charge in [0.05, 0.1) is 13.7 Å². The van der Waals surface area contributed by atoms with E-state index >= 15 is 0 Å². The van der Waals surface area contributed by atoms with E-state index < -0.39 is 0 Å². The molecule has 0 radical (unpaired) electrons. The average molecular weight is 354 g/mol. The Labute approximate surface area is 155 Å². The van der Waals surface area contributed by atoms with E-state index in [-0.39, 0.29) is 5.91 Å². The van der Waals surface area contributed by atoms with Crippen LogP contribution in [-0.2, 0) is 4.79 Å². The first kappa shape index (κ1) is 19.5. The lowest BCUT2D eigenvalue weighted by Gasteiger charge is -2.13. The third-order valence-corrected chi connectivity index (χ3v) is 3.66. The average Bonchev–Trinajstić information content (AvgIpc) is 2.64. The first-order chi connectivity index (χ1) is 12.6. The zero-order chi connectivity index (χ0) is 18.8. The van der Waals surface area contributed by atoms with Crippen molar-refractivity contribution in [2.75, 3.05) is 39.7 Å². The summed E-state index contributed by atoms with van der Waals surface area (Å²) in [7, 11) is 5.68. The summed E-state index contributed by atoms with van der Waals surface area (Å²) < 4.78 is 11.2. The maximum absolute atomic E-state index is 12.0. The Balaban J connectivity index is 1.94. The number of amides is 1. The molecule has 0 aromatic heterocycles. The van der Waals surface area contributed by atoms with Crippen LogP contribution >= 0.6 is 0 Å². The van der Waals surface area contributed by atoms with Gasteiger partial charge in [-0.25, -0.2) is 0 Å². The van der Waals surface area contributed by atoms with Crippen molar-refractivity contribution in [3.05, 3.63) is 60.2 Å². The fraction of sp³-hybridized carbons (Fsp3) is 0.286. The van der Waals surface area contributed by atoms with Gasteiger partial charge in [0.15, 0.2) is 11.5 Å². The van der Waals surface area contributed by atoms with Crippen LogP contribution in [-0.4, -0.2) is 45.2 Å². The Morgan fingerprint density at radius 3 is 2.58 bits per heavy atom. The number of anilines is 1. The van der Waals surface area contributed by atoms with E-state index in [0.717, 1.165) is 24.2 Å². The second-order valence-electron chi connectivity index (χ2n) is 6.10. The summed E-state index contributed by atoms with van der Waals surface area (Å²) in [6.45, 7) is 1.60. The highest BCUT2D eigenvalue weighted by Gasteiger charge is 2.05. The molecule has 5 heteroatoms. The fourth-order valence-corrected chi connectivity index (χ4v) is 2.35. The molecule has 0 bridgehead atoms. The lowest BCUT2D eigenvalue weighted by Crippen LogP contribution is -2.15. The lowest BCUT2D eigenvalue weighted by molar-refractivity contribution is -0.111. The van der Waals surface area contributed by atoms with Gasteiger partial charge in [-0.05, 0) is 56.4 Å². The molecule has 2 aromatic carbocycles. The van der Waals surface area contributed by atoms with E-state index in [1.165, 1.54) is 6.08 Å². The van der Waals surface area contributed by atoms with Crippen molar-refractivity contribution >= 4 is 17.7 Å².